The minimum absolute atomic E-state index is 0.0538. The van der Waals surface area contributed by atoms with Crippen molar-refractivity contribution in [3.8, 4) is 0 Å². The molecular weight excluding hydrogens is 245 g/mol. The Labute approximate surface area is 72.6 Å². The highest BCUT2D eigenvalue weighted by Crippen LogP contribution is 2.23. The summed E-state index contributed by atoms with van der Waals surface area (Å²) >= 11 is 2.16. The van der Waals surface area contributed by atoms with Gasteiger partial charge in [0.2, 0.25) is 0 Å². The maximum atomic E-state index is 10.2. The summed E-state index contributed by atoms with van der Waals surface area (Å²) in [5.74, 6) is 0. The maximum absolute atomic E-state index is 10.2. The van der Waals surface area contributed by atoms with Crippen molar-refractivity contribution >= 4 is 28.7 Å². The zero-order chi connectivity index (χ0) is 7.56. The molecule has 0 bridgehead atoms. The topological polar surface area (TPSA) is 49.3 Å². The Morgan fingerprint density at radius 3 is 3.00 bits per heavy atom. The van der Waals surface area contributed by atoms with E-state index in [1.807, 2.05) is 0 Å². The molecule has 0 aromatic heterocycles. The van der Waals surface area contributed by atoms with Crippen LogP contribution in [0.25, 0.3) is 0 Å². The quantitative estimate of drug-likeness (QED) is 0.699. The normalized spacial score (nSPS) is 24.1. The number of amides is 1. The highest BCUT2D eigenvalue weighted by Gasteiger charge is 2.17. The van der Waals surface area contributed by atoms with E-state index in [0.29, 0.717) is 0 Å². The lowest BCUT2D eigenvalue weighted by Gasteiger charge is -2.08. The zero-order valence-electron chi connectivity index (χ0n) is 5.30. The molecule has 0 fully saturated rings. The molecule has 4 heteroatoms. The van der Waals surface area contributed by atoms with E-state index >= 15 is 0 Å². The third-order valence-corrected chi connectivity index (χ3v) is 2.62. The number of allylic oxidation sites excluding steroid dienone is 1. The molecule has 1 unspecified atom stereocenters. The summed E-state index contributed by atoms with van der Waals surface area (Å²) in [5.41, 5.74) is 0. The fourth-order valence-corrected chi connectivity index (χ4v) is 1.74. The molecule has 0 saturated heterocycles. The number of nitrogens with one attached hydrogen (secondary N) is 1. The molecule has 0 aromatic carbocycles. The monoisotopic (exact) mass is 253 g/mol. The van der Waals surface area contributed by atoms with Crippen molar-refractivity contribution in [2.45, 2.75) is 18.9 Å². The van der Waals surface area contributed by atoms with Crippen molar-refractivity contribution in [1.82, 2.24) is 5.32 Å². The van der Waals surface area contributed by atoms with Crippen molar-refractivity contribution in [3.05, 3.63) is 9.66 Å². The second-order valence-corrected chi connectivity index (χ2v) is 3.41. The van der Waals surface area contributed by atoms with Crippen molar-refractivity contribution in [1.29, 1.82) is 0 Å². The van der Waals surface area contributed by atoms with Crippen LogP contribution in [0.3, 0.4) is 0 Å². The fourth-order valence-electron chi connectivity index (χ4n) is 0.958. The second-order valence-electron chi connectivity index (χ2n) is 2.17. The van der Waals surface area contributed by atoms with Gasteiger partial charge in [-0.25, -0.2) is 4.79 Å². The van der Waals surface area contributed by atoms with Crippen molar-refractivity contribution in [3.63, 3.8) is 0 Å². The molecule has 1 rings (SSSR count). The molecule has 1 aliphatic carbocycles. The van der Waals surface area contributed by atoms with Crippen LogP contribution in [0, 0.1) is 0 Å². The van der Waals surface area contributed by atoms with E-state index in [1.54, 1.807) is 0 Å². The van der Waals surface area contributed by atoms with E-state index in [0.717, 1.165) is 16.4 Å². The number of carbonyl (C=O) groups is 1. The third kappa shape index (κ3) is 1.86. The van der Waals surface area contributed by atoms with Gasteiger partial charge in [-0.3, -0.25) is 0 Å². The molecule has 56 valence electrons. The Morgan fingerprint density at radius 2 is 2.60 bits per heavy atom. The Morgan fingerprint density at radius 1 is 1.90 bits per heavy atom. The van der Waals surface area contributed by atoms with Crippen LogP contribution < -0.4 is 5.32 Å². The first-order chi connectivity index (χ1) is 4.70. The van der Waals surface area contributed by atoms with Gasteiger partial charge in [-0.05, 0) is 35.4 Å². The SMILES string of the molecule is O=C(O)NC1CCC=C1I. The summed E-state index contributed by atoms with van der Waals surface area (Å²) in [7, 11) is 0. The van der Waals surface area contributed by atoms with Gasteiger partial charge >= 0.3 is 6.09 Å². The molecular formula is C6H8INO2. The van der Waals surface area contributed by atoms with E-state index in [9.17, 15) is 4.79 Å². The summed E-state index contributed by atoms with van der Waals surface area (Å²) in [4.78, 5) is 10.2. The van der Waals surface area contributed by atoms with E-state index in [-0.39, 0.29) is 6.04 Å². The van der Waals surface area contributed by atoms with Gasteiger partial charge in [-0.2, -0.15) is 0 Å². The van der Waals surface area contributed by atoms with E-state index in [2.05, 4.69) is 34.0 Å². The fraction of sp³-hybridized carbons (Fsp3) is 0.500. The molecule has 1 atom stereocenters. The molecule has 1 amide bonds. The van der Waals surface area contributed by atoms with Crippen molar-refractivity contribution in [2.75, 3.05) is 0 Å². The first-order valence-corrected chi connectivity index (χ1v) is 4.13. The van der Waals surface area contributed by atoms with Crippen LogP contribution in [-0.4, -0.2) is 17.2 Å². The third-order valence-electron chi connectivity index (χ3n) is 1.43. The molecule has 0 aromatic rings. The smallest absolute Gasteiger partial charge is 0.405 e. The number of halogens is 1. The molecule has 0 heterocycles. The van der Waals surface area contributed by atoms with Gasteiger partial charge in [0.15, 0.2) is 0 Å². The predicted molar refractivity (Wildman–Crippen MR) is 46.3 cm³/mol. The van der Waals surface area contributed by atoms with Crippen LogP contribution in [0.15, 0.2) is 9.66 Å². The van der Waals surface area contributed by atoms with Gasteiger partial charge in [0.05, 0.1) is 6.04 Å². The van der Waals surface area contributed by atoms with Crippen molar-refractivity contribution < 1.29 is 9.90 Å². The summed E-state index contributed by atoms with van der Waals surface area (Å²) in [6.07, 6.45) is 3.02. The number of hydrogen-bond acceptors (Lipinski definition) is 1. The molecule has 0 aliphatic heterocycles. The largest absolute Gasteiger partial charge is 0.465 e. The van der Waals surface area contributed by atoms with Gasteiger partial charge in [0, 0.05) is 3.58 Å². The van der Waals surface area contributed by atoms with Crippen LogP contribution >= 0.6 is 22.6 Å². The summed E-state index contributed by atoms with van der Waals surface area (Å²) in [5, 5.41) is 10.8. The Bertz CT molecular complexity index is 179. The molecule has 0 spiro atoms. The van der Waals surface area contributed by atoms with Gasteiger partial charge in [0.25, 0.3) is 0 Å². The van der Waals surface area contributed by atoms with Gasteiger partial charge in [-0.1, -0.05) is 6.08 Å². The zero-order valence-corrected chi connectivity index (χ0v) is 7.46. The molecule has 10 heavy (non-hydrogen) atoms. The minimum Gasteiger partial charge on any atom is -0.465 e. The Kier molecular flexibility index (Phi) is 2.53. The molecule has 0 radical (unpaired) electrons. The molecule has 1 aliphatic rings. The Balaban J connectivity index is 2.43. The average molecular weight is 253 g/mol. The lowest BCUT2D eigenvalue weighted by Crippen LogP contribution is -2.31. The lowest BCUT2D eigenvalue weighted by atomic mass is 10.3. The van der Waals surface area contributed by atoms with Crippen molar-refractivity contribution in [2.24, 2.45) is 0 Å². The predicted octanol–water partition coefficient (Wildman–Crippen LogP) is 1.74. The average Bonchev–Trinajstić information content (AvgIpc) is 2.15. The van der Waals surface area contributed by atoms with E-state index in [4.69, 9.17) is 5.11 Å². The standard InChI is InChI=1S/C6H8INO2/c7-4-2-1-3-5(4)8-6(9)10/h2,5,8H,1,3H2,(H,9,10). The Hall–Kier alpha value is -0.260. The van der Waals surface area contributed by atoms with Gasteiger partial charge in [0.1, 0.15) is 0 Å². The molecule has 3 nitrogen and oxygen atoms in total. The minimum atomic E-state index is -0.936. The number of carboxylic acid groups (broad SMARTS) is 1. The van der Waals surface area contributed by atoms with Gasteiger partial charge in [-0.15, -0.1) is 0 Å². The maximum Gasteiger partial charge on any atom is 0.405 e. The first kappa shape index (κ1) is 7.84. The second kappa shape index (κ2) is 3.23. The van der Waals surface area contributed by atoms with E-state index in [1.165, 1.54) is 0 Å². The van der Waals surface area contributed by atoms with Crippen LogP contribution in [-0.2, 0) is 0 Å². The molecule has 0 saturated carbocycles. The van der Waals surface area contributed by atoms with E-state index < -0.39 is 6.09 Å². The highest BCUT2D eigenvalue weighted by molar-refractivity contribution is 14.1. The summed E-state index contributed by atoms with van der Waals surface area (Å²) in [6, 6.07) is 0.0538. The van der Waals surface area contributed by atoms with Crippen LogP contribution in [0.1, 0.15) is 12.8 Å². The highest BCUT2D eigenvalue weighted by atomic mass is 127. The van der Waals surface area contributed by atoms with Crippen LogP contribution in [0.5, 0.6) is 0 Å². The number of hydrogen-bond donors (Lipinski definition) is 2. The number of rotatable bonds is 1. The lowest BCUT2D eigenvalue weighted by molar-refractivity contribution is 0.192. The first-order valence-electron chi connectivity index (χ1n) is 3.05. The summed E-state index contributed by atoms with van der Waals surface area (Å²) in [6.45, 7) is 0. The molecule has 2 N–H and O–H groups in total. The van der Waals surface area contributed by atoms with Crippen LogP contribution in [0.4, 0.5) is 4.79 Å². The van der Waals surface area contributed by atoms with Crippen LogP contribution in [0.2, 0.25) is 0 Å². The summed E-state index contributed by atoms with van der Waals surface area (Å²) < 4.78 is 1.11. The van der Waals surface area contributed by atoms with Gasteiger partial charge < -0.3 is 10.4 Å².